The fourth-order valence-electron chi connectivity index (χ4n) is 1.33. The zero-order valence-electron chi connectivity index (χ0n) is 9.62. The standard InChI is InChI=1S/C12H12F3NO2/c1-18-11(17)4-2-3-8-5-6-9(16)7-10(8)12(13,14)15/h2-3,5-7H,4,16H2,1H3. The van der Waals surface area contributed by atoms with Crippen molar-refractivity contribution in [2.24, 2.45) is 0 Å². The third-order valence-corrected chi connectivity index (χ3v) is 2.19. The van der Waals surface area contributed by atoms with Gasteiger partial charge in [0.1, 0.15) is 0 Å². The van der Waals surface area contributed by atoms with Gasteiger partial charge in [-0.15, -0.1) is 0 Å². The van der Waals surface area contributed by atoms with Crippen LogP contribution in [0.25, 0.3) is 6.08 Å². The molecule has 98 valence electrons. The molecule has 1 aromatic carbocycles. The fourth-order valence-corrected chi connectivity index (χ4v) is 1.33. The summed E-state index contributed by atoms with van der Waals surface area (Å²) in [4.78, 5) is 10.8. The number of carbonyl (C=O) groups is 1. The topological polar surface area (TPSA) is 52.3 Å². The average molecular weight is 259 g/mol. The van der Waals surface area contributed by atoms with Crippen molar-refractivity contribution in [3.8, 4) is 0 Å². The number of methoxy groups -OCH3 is 1. The third-order valence-electron chi connectivity index (χ3n) is 2.19. The summed E-state index contributed by atoms with van der Waals surface area (Å²) in [6.45, 7) is 0. The minimum absolute atomic E-state index is 0.0347. The van der Waals surface area contributed by atoms with Crippen LogP contribution in [0.15, 0.2) is 24.3 Å². The molecule has 0 atom stereocenters. The van der Waals surface area contributed by atoms with Gasteiger partial charge in [-0.3, -0.25) is 4.79 Å². The van der Waals surface area contributed by atoms with Gasteiger partial charge in [0.2, 0.25) is 0 Å². The van der Waals surface area contributed by atoms with Crippen molar-refractivity contribution in [2.75, 3.05) is 12.8 Å². The monoisotopic (exact) mass is 259 g/mol. The highest BCUT2D eigenvalue weighted by molar-refractivity contribution is 5.73. The van der Waals surface area contributed by atoms with E-state index in [0.717, 1.165) is 6.07 Å². The first-order chi connectivity index (χ1) is 8.34. The Balaban J connectivity index is 2.99. The number of anilines is 1. The van der Waals surface area contributed by atoms with Gasteiger partial charge in [0.15, 0.2) is 0 Å². The van der Waals surface area contributed by atoms with E-state index in [4.69, 9.17) is 5.73 Å². The van der Waals surface area contributed by atoms with Crippen LogP contribution in [-0.2, 0) is 15.7 Å². The number of alkyl halides is 3. The molecule has 0 unspecified atom stereocenters. The predicted molar refractivity (Wildman–Crippen MR) is 61.5 cm³/mol. The van der Waals surface area contributed by atoms with Crippen molar-refractivity contribution in [1.82, 2.24) is 0 Å². The van der Waals surface area contributed by atoms with Crippen molar-refractivity contribution in [3.05, 3.63) is 35.4 Å². The molecule has 0 amide bonds. The Labute approximate surface area is 102 Å². The van der Waals surface area contributed by atoms with Gasteiger partial charge in [-0.05, 0) is 17.7 Å². The van der Waals surface area contributed by atoms with E-state index in [1.54, 1.807) is 0 Å². The van der Waals surface area contributed by atoms with Gasteiger partial charge in [0.25, 0.3) is 0 Å². The van der Waals surface area contributed by atoms with Gasteiger partial charge in [-0.1, -0.05) is 18.2 Å². The lowest BCUT2D eigenvalue weighted by atomic mass is 10.1. The van der Waals surface area contributed by atoms with Crippen molar-refractivity contribution < 1.29 is 22.7 Å². The van der Waals surface area contributed by atoms with Crippen LogP contribution in [0.1, 0.15) is 17.5 Å². The molecule has 0 saturated heterocycles. The number of nitrogen functional groups attached to an aromatic ring is 1. The molecule has 0 aromatic heterocycles. The van der Waals surface area contributed by atoms with Gasteiger partial charge in [-0.25, -0.2) is 0 Å². The van der Waals surface area contributed by atoms with E-state index in [0.29, 0.717) is 0 Å². The molecule has 18 heavy (non-hydrogen) atoms. The van der Waals surface area contributed by atoms with E-state index in [1.165, 1.54) is 31.4 Å². The third kappa shape index (κ3) is 3.80. The van der Waals surface area contributed by atoms with E-state index in [2.05, 4.69) is 4.74 Å². The molecule has 6 heteroatoms. The second kappa shape index (κ2) is 5.57. The highest BCUT2D eigenvalue weighted by atomic mass is 19.4. The van der Waals surface area contributed by atoms with Crippen molar-refractivity contribution >= 4 is 17.7 Å². The number of ether oxygens (including phenoxy) is 1. The summed E-state index contributed by atoms with van der Waals surface area (Å²) >= 11 is 0. The van der Waals surface area contributed by atoms with Crippen LogP contribution in [0.4, 0.5) is 18.9 Å². The van der Waals surface area contributed by atoms with E-state index >= 15 is 0 Å². The summed E-state index contributed by atoms with van der Waals surface area (Å²) < 4.78 is 42.5. The highest BCUT2D eigenvalue weighted by Crippen LogP contribution is 2.33. The summed E-state index contributed by atoms with van der Waals surface area (Å²) in [5, 5.41) is 0. The Hall–Kier alpha value is -1.98. The number of hydrogen-bond acceptors (Lipinski definition) is 3. The Bertz CT molecular complexity index is 467. The maximum absolute atomic E-state index is 12.7. The lowest BCUT2D eigenvalue weighted by Crippen LogP contribution is -2.08. The molecule has 0 fully saturated rings. The Morgan fingerprint density at radius 2 is 2.11 bits per heavy atom. The molecular weight excluding hydrogens is 247 g/mol. The summed E-state index contributed by atoms with van der Waals surface area (Å²) in [5.74, 6) is -0.518. The van der Waals surface area contributed by atoms with Crippen molar-refractivity contribution in [1.29, 1.82) is 0 Å². The molecule has 0 aliphatic heterocycles. The van der Waals surface area contributed by atoms with E-state index in [9.17, 15) is 18.0 Å². The molecule has 0 spiro atoms. The minimum Gasteiger partial charge on any atom is -0.469 e. The van der Waals surface area contributed by atoms with Crippen molar-refractivity contribution in [3.63, 3.8) is 0 Å². The number of halogens is 3. The number of esters is 1. The summed E-state index contributed by atoms with van der Waals surface area (Å²) in [6.07, 6.45) is -2.04. The lowest BCUT2D eigenvalue weighted by Gasteiger charge is -2.10. The van der Waals surface area contributed by atoms with Gasteiger partial charge in [0, 0.05) is 5.69 Å². The number of carbonyl (C=O) groups excluding carboxylic acids is 1. The van der Waals surface area contributed by atoms with Crippen LogP contribution >= 0.6 is 0 Å². The Morgan fingerprint density at radius 3 is 2.67 bits per heavy atom. The molecule has 0 heterocycles. The number of hydrogen-bond donors (Lipinski definition) is 1. The van der Waals surface area contributed by atoms with Crippen LogP contribution in [0.2, 0.25) is 0 Å². The maximum atomic E-state index is 12.7. The van der Waals surface area contributed by atoms with Crippen LogP contribution in [0.3, 0.4) is 0 Å². The van der Waals surface area contributed by atoms with Crippen LogP contribution in [-0.4, -0.2) is 13.1 Å². The summed E-state index contributed by atoms with van der Waals surface area (Å²) in [6, 6.07) is 3.48. The first-order valence-corrected chi connectivity index (χ1v) is 5.04. The predicted octanol–water partition coefficient (Wildman–Crippen LogP) is 2.86. The molecular formula is C12H12F3NO2. The van der Waals surface area contributed by atoms with Gasteiger partial charge < -0.3 is 10.5 Å². The Kier molecular flexibility index (Phi) is 4.36. The number of rotatable bonds is 3. The SMILES string of the molecule is COC(=O)CC=Cc1ccc(N)cc1C(F)(F)F. The van der Waals surface area contributed by atoms with Crippen LogP contribution < -0.4 is 5.73 Å². The van der Waals surface area contributed by atoms with E-state index < -0.39 is 17.7 Å². The minimum atomic E-state index is -4.49. The van der Waals surface area contributed by atoms with Gasteiger partial charge >= 0.3 is 12.1 Å². The first kappa shape index (κ1) is 14.1. The van der Waals surface area contributed by atoms with Crippen molar-refractivity contribution in [2.45, 2.75) is 12.6 Å². The van der Waals surface area contributed by atoms with Gasteiger partial charge in [-0.2, -0.15) is 13.2 Å². The molecule has 0 radical (unpaired) electrons. The van der Waals surface area contributed by atoms with E-state index in [1.807, 2.05) is 0 Å². The first-order valence-electron chi connectivity index (χ1n) is 5.04. The molecule has 0 saturated carbocycles. The zero-order chi connectivity index (χ0) is 13.8. The molecule has 0 aliphatic rings. The summed E-state index contributed by atoms with van der Waals surface area (Å²) in [5.41, 5.74) is 4.49. The fraction of sp³-hybridized carbons (Fsp3) is 0.250. The molecule has 1 aromatic rings. The molecule has 3 nitrogen and oxygen atoms in total. The maximum Gasteiger partial charge on any atom is 0.417 e. The quantitative estimate of drug-likeness (QED) is 0.670. The van der Waals surface area contributed by atoms with Crippen LogP contribution in [0, 0.1) is 0 Å². The second-order valence-electron chi connectivity index (χ2n) is 3.53. The second-order valence-corrected chi connectivity index (χ2v) is 3.53. The molecule has 0 bridgehead atoms. The average Bonchev–Trinajstić information content (AvgIpc) is 2.29. The normalized spacial score (nSPS) is 11.8. The summed E-state index contributed by atoms with van der Waals surface area (Å²) in [7, 11) is 1.21. The highest BCUT2D eigenvalue weighted by Gasteiger charge is 2.32. The molecule has 0 aliphatic carbocycles. The number of benzene rings is 1. The van der Waals surface area contributed by atoms with Crippen LogP contribution in [0.5, 0.6) is 0 Å². The molecule has 1 rings (SSSR count). The zero-order valence-corrected chi connectivity index (χ0v) is 9.62. The van der Waals surface area contributed by atoms with E-state index in [-0.39, 0.29) is 17.7 Å². The number of nitrogens with two attached hydrogens (primary N) is 1. The largest absolute Gasteiger partial charge is 0.469 e. The van der Waals surface area contributed by atoms with Gasteiger partial charge in [0.05, 0.1) is 19.1 Å². The molecule has 2 N–H and O–H groups in total. The lowest BCUT2D eigenvalue weighted by molar-refractivity contribution is -0.139. The smallest absolute Gasteiger partial charge is 0.417 e. The Morgan fingerprint density at radius 1 is 1.44 bits per heavy atom.